The summed E-state index contributed by atoms with van der Waals surface area (Å²) in [5, 5.41) is 0. The van der Waals surface area contributed by atoms with E-state index in [4.69, 9.17) is 0 Å². The molecule has 0 saturated carbocycles. The molecule has 0 radical (unpaired) electrons. The number of halogens is 3. The number of rotatable bonds is 3. The molecule has 1 rings (SSSR count). The van der Waals surface area contributed by atoms with Crippen LogP contribution in [0.3, 0.4) is 0 Å². The smallest absolute Gasteiger partial charge is 0.253 e. The molecule has 1 amide bonds. The molecule has 1 atom stereocenters. The largest absolute Gasteiger partial charge is 0.341 e. The van der Waals surface area contributed by atoms with Crippen LogP contribution in [0, 0.1) is 0 Å². The maximum absolute atomic E-state index is 12.0. The van der Waals surface area contributed by atoms with Crippen LogP contribution in [0.2, 0.25) is 0 Å². The van der Waals surface area contributed by atoms with E-state index in [0.717, 1.165) is 8.95 Å². The summed E-state index contributed by atoms with van der Waals surface area (Å²) in [4.78, 5) is 14.0. The molecule has 16 heavy (non-hydrogen) atoms. The molecule has 1 aromatic rings. The van der Waals surface area contributed by atoms with E-state index in [-0.39, 0.29) is 10.7 Å². The van der Waals surface area contributed by atoms with Crippen LogP contribution in [0.5, 0.6) is 0 Å². The molecular formula is C11H12Br3NO. The summed E-state index contributed by atoms with van der Waals surface area (Å²) in [5.41, 5.74) is 0.678. The van der Waals surface area contributed by atoms with Crippen molar-refractivity contribution < 1.29 is 4.79 Å². The molecule has 88 valence electrons. The van der Waals surface area contributed by atoms with Crippen molar-refractivity contribution in [3.8, 4) is 0 Å². The lowest BCUT2D eigenvalue weighted by atomic mass is 10.2. The minimum atomic E-state index is 0.0216. The normalized spacial score (nSPS) is 12.3. The molecular weight excluding hydrogens is 402 g/mol. The molecule has 0 aliphatic carbocycles. The van der Waals surface area contributed by atoms with E-state index in [1.54, 1.807) is 11.9 Å². The molecule has 1 aromatic carbocycles. The Hall–Kier alpha value is 0.130. The van der Waals surface area contributed by atoms with Crippen molar-refractivity contribution in [1.82, 2.24) is 4.90 Å². The van der Waals surface area contributed by atoms with E-state index in [1.165, 1.54) is 0 Å². The van der Waals surface area contributed by atoms with Crippen molar-refractivity contribution in [1.29, 1.82) is 0 Å². The molecule has 0 aliphatic heterocycles. The number of benzene rings is 1. The fraction of sp³-hybridized carbons (Fsp3) is 0.364. The summed E-state index contributed by atoms with van der Waals surface area (Å²) in [6, 6.07) is 5.55. The minimum Gasteiger partial charge on any atom is -0.341 e. The summed E-state index contributed by atoms with van der Waals surface area (Å²) < 4.78 is 1.79. The summed E-state index contributed by atoms with van der Waals surface area (Å²) >= 11 is 10.2. The van der Waals surface area contributed by atoms with Gasteiger partial charge in [0.25, 0.3) is 5.91 Å². The van der Waals surface area contributed by atoms with Gasteiger partial charge in [0, 0.05) is 32.9 Å². The molecule has 0 saturated heterocycles. The standard InChI is InChI=1S/C11H12Br3NO/c1-7(12)6-15(2)11(16)8-3-9(13)5-10(14)4-8/h3-5,7H,6H2,1-2H3. The Bertz CT molecular complexity index is 373. The number of carbonyl (C=O) groups is 1. The quantitative estimate of drug-likeness (QED) is 0.684. The average molecular weight is 414 g/mol. The first-order chi connectivity index (χ1) is 7.40. The second-order valence-electron chi connectivity index (χ2n) is 3.62. The third kappa shape index (κ3) is 4.18. The van der Waals surface area contributed by atoms with Gasteiger partial charge in [-0.05, 0) is 18.2 Å². The highest BCUT2D eigenvalue weighted by Gasteiger charge is 2.14. The third-order valence-corrected chi connectivity index (χ3v) is 3.19. The Morgan fingerprint density at radius 3 is 2.25 bits per heavy atom. The Balaban J connectivity index is 2.87. The Morgan fingerprint density at radius 1 is 1.31 bits per heavy atom. The summed E-state index contributed by atoms with van der Waals surface area (Å²) in [7, 11) is 1.80. The molecule has 0 heterocycles. The van der Waals surface area contributed by atoms with Crippen LogP contribution in [0.25, 0.3) is 0 Å². The lowest BCUT2D eigenvalue weighted by Crippen LogP contribution is -2.31. The molecule has 5 heteroatoms. The summed E-state index contributed by atoms with van der Waals surface area (Å²) in [5.74, 6) is 0.0216. The Kier molecular flexibility index (Phi) is 5.47. The van der Waals surface area contributed by atoms with Crippen LogP contribution in [0.15, 0.2) is 27.1 Å². The number of carbonyl (C=O) groups excluding carboxylic acids is 1. The van der Waals surface area contributed by atoms with Gasteiger partial charge in [-0.15, -0.1) is 0 Å². The van der Waals surface area contributed by atoms with E-state index in [1.807, 2.05) is 25.1 Å². The van der Waals surface area contributed by atoms with Gasteiger partial charge in [0.05, 0.1) is 0 Å². The average Bonchev–Trinajstić information content (AvgIpc) is 2.13. The van der Waals surface area contributed by atoms with Crippen LogP contribution in [-0.2, 0) is 0 Å². The zero-order chi connectivity index (χ0) is 12.3. The predicted octanol–water partition coefficient (Wildman–Crippen LogP) is 4.07. The van der Waals surface area contributed by atoms with Gasteiger partial charge in [-0.1, -0.05) is 54.7 Å². The lowest BCUT2D eigenvalue weighted by molar-refractivity contribution is 0.0797. The number of hydrogen-bond acceptors (Lipinski definition) is 1. The number of alkyl halides is 1. The van der Waals surface area contributed by atoms with Crippen molar-refractivity contribution in [3.63, 3.8) is 0 Å². The van der Waals surface area contributed by atoms with Gasteiger partial charge in [0.15, 0.2) is 0 Å². The first-order valence-corrected chi connectivity index (χ1v) is 7.26. The maximum atomic E-state index is 12.0. The Labute approximate surface area is 121 Å². The summed E-state index contributed by atoms with van der Waals surface area (Å²) in [6.07, 6.45) is 0. The van der Waals surface area contributed by atoms with Crippen LogP contribution in [0.4, 0.5) is 0 Å². The van der Waals surface area contributed by atoms with Gasteiger partial charge in [-0.25, -0.2) is 0 Å². The molecule has 0 N–H and O–H groups in total. The van der Waals surface area contributed by atoms with E-state index in [2.05, 4.69) is 47.8 Å². The van der Waals surface area contributed by atoms with Crippen LogP contribution >= 0.6 is 47.8 Å². The van der Waals surface area contributed by atoms with Crippen molar-refractivity contribution in [3.05, 3.63) is 32.7 Å². The molecule has 0 fully saturated rings. The van der Waals surface area contributed by atoms with Crippen molar-refractivity contribution in [2.75, 3.05) is 13.6 Å². The number of hydrogen-bond donors (Lipinski definition) is 0. The fourth-order valence-corrected chi connectivity index (χ4v) is 3.09. The molecule has 0 aromatic heterocycles. The van der Waals surface area contributed by atoms with E-state index in [0.29, 0.717) is 12.1 Å². The maximum Gasteiger partial charge on any atom is 0.253 e. The Morgan fingerprint density at radius 2 is 1.81 bits per heavy atom. The number of amides is 1. The topological polar surface area (TPSA) is 20.3 Å². The summed E-state index contributed by atoms with van der Waals surface area (Å²) in [6.45, 7) is 2.70. The first-order valence-electron chi connectivity index (χ1n) is 4.76. The zero-order valence-corrected chi connectivity index (χ0v) is 13.8. The molecule has 2 nitrogen and oxygen atoms in total. The second-order valence-corrected chi connectivity index (χ2v) is 7.02. The fourth-order valence-electron chi connectivity index (χ4n) is 1.36. The molecule has 0 bridgehead atoms. The van der Waals surface area contributed by atoms with Crippen LogP contribution < -0.4 is 0 Å². The van der Waals surface area contributed by atoms with E-state index < -0.39 is 0 Å². The monoisotopic (exact) mass is 411 g/mol. The predicted molar refractivity (Wildman–Crippen MR) is 77.2 cm³/mol. The van der Waals surface area contributed by atoms with Crippen molar-refractivity contribution >= 4 is 53.7 Å². The third-order valence-electron chi connectivity index (χ3n) is 1.98. The van der Waals surface area contributed by atoms with E-state index in [9.17, 15) is 4.79 Å². The highest BCUT2D eigenvalue weighted by molar-refractivity contribution is 9.11. The highest BCUT2D eigenvalue weighted by Crippen LogP contribution is 2.21. The van der Waals surface area contributed by atoms with Gasteiger partial charge in [0.2, 0.25) is 0 Å². The SMILES string of the molecule is CC(Br)CN(C)C(=O)c1cc(Br)cc(Br)c1. The van der Waals surface area contributed by atoms with Gasteiger partial charge in [-0.2, -0.15) is 0 Å². The van der Waals surface area contributed by atoms with Crippen molar-refractivity contribution in [2.45, 2.75) is 11.8 Å². The van der Waals surface area contributed by atoms with Gasteiger partial charge >= 0.3 is 0 Å². The van der Waals surface area contributed by atoms with Gasteiger partial charge < -0.3 is 4.90 Å². The highest BCUT2D eigenvalue weighted by atomic mass is 79.9. The lowest BCUT2D eigenvalue weighted by Gasteiger charge is -2.18. The second kappa shape index (κ2) is 6.17. The molecule has 0 spiro atoms. The van der Waals surface area contributed by atoms with E-state index >= 15 is 0 Å². The van der Waals surface area contributed by atoms with Crippen LogP contribution in [0.1, 0.15) is 17.3 Å². The van der Waals surface area contributed by atoms with Gasteiger partial charge in [0.1, 0.15) is 0 Å². The molecule has 1 unspecified atom stereocenters. The zero-order valence-electron chi connectivity index (χ0n) is 9.01. The van der Waals surface area contributed by atoms with Gasteiger partial charge in [-0.3, -0.25) is 4.79 Å². The first kappa shape index (κ1) is 14.2. The minimum absolute atomic E-state index is 0.0216. The molecule has 0 aliphatic rings. The number of nitrogens with zero attached hydrogens (tertiary/aromatic N) is 1. The van der Waals surface area contributed by atoms with Crippen molar-refractivity contribution in [2.24, 2.45) is 0 Å². The van der Waals surface area contributed by atoms with Crippen LogP contribution in [-0.4, -0.2) is 29.2 Å².